The molecule has 0 fully saturated rings. The predicted octanol–water partition coefficient (Wildman–Crippen LogP) is 10.6. The molecule has 7 heteroatoms. The molecule has 0 unspecified atom stereocenters. The monoisotopic (exact) mass is 613 g/mol. The van der Waals surface area contributed by atoms with Crippen molar-refractivity contribution < 1.29 is 28.6 Å². The van der Waals surface area contributed by atoms with Gasteiger partial charge in [-0.25, -0.2) is 4.79 Å². The van der Waals surface area contributed by atoms with Crippen molar-refractivity contribution in [2.24, 2.45) is 5.16 Å². The number of rotatable bonds is 25. The summed E-state index contributed by atoms with van der Waals surface area (Å²) in [6.45, 7) is 4.48. The molecular weight excluding hydrogens is 554 g/mol. The van der Waals surface area contributed by atoms with E-state index in [1.165, 1.54) is 77.0 Å². The van der Waals surface area contributed by atoms with E-state index in [1.54, 1.807) is 28.4 Å². The minimum atomic E-state index is -0.301. The topological polar surface area (TPSA) is 75.6 Å². The number of benzene rings is 2. The second-order valence-corrected chi connectivity index (χ2v) is 11.7. The normalized spacial score (nSPS) is 11.5. The number of fused-ring (bicyclic) bond motifs is 1. The van der Waals surface area contributed by atoms with Crippen LogP contribution in [0.4, 0.5) is 0 Å². The maximum Gasteiger partial charge on any atom is 0.335 e. The minimum absolute atomic E-state index is 0.301. The molecule has 0 bridgehead atoms. The highest BCUT2D eigenvalue weighted by molar-refractivity contribution is 6.12. The molecule has 7 nitrogen and oxygen atoms in total. The fraction of sp³-hybridized carbons (Fsp3) is 0.676. The molecule has 0 atom stereocenters. The van der Waals surface area contributed by atoms with Crippen LogP contribution in [0, 0.1) is 0 Å². The number of methoxy groups -OCH3 is 4. The molecule has 44 heavy (non-hydrogen) atoms. The molecule has 0 spiro atoms. The molecule has 0 aromatic heterocycles. The Morgan fingerprint density at radius 1 is 0.568 bits per heavy atom. The number of nitrogens with zero attached hydrogens (tertiary/aromatic N) is 1. The third-order valence-corrected chi connectivity index (χ3v) is 8.31. The van der Waals surface area contributed by atoms with Gasteiger partial charge in [-0.05, 0) is 37.5 Å². The van der Waals surface area contributed by atoms with Gasteiger partial charge in [0.25, 0.3) is 0 Å². The van der Waals surface area contributed by atoms with Gasteiger partial charge in [-0.15, -0.1) is 0 Å². The molecule has 248 valence electrons. The van der Waals surface area contributed by atoms with Crippen molar-refractivity contribution in [2.45, 2.75) is 136 Å². The van der Waals surface area contributed by atoms with Crippen molar-refractivity contribution >= 4 is 22.5 Å². The second-order valence-electron chi connectivity index (χ2n) is 11.7. The van der Waals surface area contributed by atoms with Gasteiger partial charge >= 0.3 is 5.97 Å². The first-order valence-electron chi connectivity index (χ1n) is 17.1. The van der Waals surface area contributed by atoms with Gasteiger partial charge < -0.3 is 23.8 Å². The molecule has 0 amide bonds. The molecule has 0 radical (unpaired) electrons. The van der Waals surface area contributed by atoms with Gasteiger partial charge in [-0.1, -0.05) is 115 Å². The average Bonchev–Trinajstić information content (AvgIpc) is 3.05. The Hall–Kier alpha value is -2.96. The van der Waals surface area contributed by atoms with E-state index in [1.807, 2.05) is 18.2 Å². The van der Waals surface area contributed by atoms with E-state index in [9.17, 15) is 4.79 Å². The van der Waals surface area contributed by atoms with Crippen molar-refractivity contribution in [3.05, 3.63) is 23.8 Å². The smallest absolute Gasteiger partial charge is 0.335 e. The number of hydrogen-bond donors (Lipinski definition) is 0. The van der Waals surface area contributed by atoms with Crippen LogP contribution >= 0.6 is 0 Å². The largest absolute Gasteiger partial charge is 0.496 e. The van der Waals surface area contributed by atoms with E-state index in [2.05, 4.69) is 19.0 Å². The molecule has 2 aromatic rings. The highest BCUT2D eigenvalue weighted by Gasteiger charge is 2.24. The molecule has 0 heterocycles. The Morgan fingerprint density at radius 2 is 1.02 bits per heavy atom. The molecule has 0 N–H and O–H groups in total. The number of unbranched alkanes of at least 4 members (excludes halogenated alkanes) is 15. The first kappa shape index (κ1) is 37.2. The lowest BCUT2D eigenvalue weighted by Gasteiger charge is -2.19. The van der Waals surface area contributed by atoms with Crippen LogP contribution in [-0.4, -0.2) is 40.1 Å². The summed E-state index contributed by atoms with van der Waals surface area (Å²) in [4.78, 5) is 18.2. The molecule has 2 rings (SSSR count). The summed E-state index contributed by atoms with van der Waals surface area (Å²) in [5, 5.41) is 5.94. The van der Waals surface area contributed by atoms with Crippen molar-refractivity contribution in [1.82, 2.24) is 0 Å². The van der Waals surface area contributed by atoms with Crippen LogP contribution in [0.25, 0.3) is 10.8 Å². The Labute approximate surface area is 267 Å². The molecule has 0 saturated carbocycles. The third-order valence-electron chi connectivity index (χ3n) is 8.31. The number of carbonyl (C=O) groups excluding carboxylic acids is 1. The SMILES string of the molecule is CCCCCCCCCCCCC(=NOC(=O)CCCCCCCCC)c1cc(OC)c2c(OC)ccc(OC)c2c1OC. The third kappa shape index (κ3) is 12.2. The van der Waals surface area contributed by atoms with E-state index < -0.39 is 0 Å². The van der Waals surface area contributed by atoms with Crippen LogP contribution in [-0.2, 0) is 9.63 Å². The summed E-state index contributed by atoms with van der Waals surface area (Å²) in [6.07, 6.45) is 21.4. The van der Waals surface area contributed by atoms with E-state index in [0.717, 1.165) is 48.4 Å². The molecule has 0 aliphatic carbocycles. The summed E-state index contributed by atoms with van der Waals surface area (Å²) >= 11 is 0. The zero-order chi connectivity index (χ0) is 32.0. The Balaban J connectivity index is 2.24. The quantitative estimate of drug-likeness (QED) is 0.0480. The maximum absolute atomic E-state index is 12.7. The Bertz CT molecular complexity index is 1130. The van der Waals surface area contributed by atoms with E-state index in [4.69, 9.17) is 23.8 Å². The first-order valence-corrected chi connectivity index (χ1v) is 17.1. The van der Waals surface area contributed by atoms with E-state index in [-0.39, 0.29) is 5.97 Å². The lowest BCUT2D eigenvalue weighted by molar-refractivity contribution is -0.143. The molecule has 2 aromatic carbocycles. The summed E-state index contributed by atoms with van der Waals surface area (Å²) in [5.74, 6) is 2.18. The fourth-order valence-corrected chi connectivity index (χ4v) is 5.75. The van der Waals surface area contributed by atoms with Gasteiger partial charge in [0.05, 0.1) is 44.9 Å². The number of ether oxygens (including phenoxy) is 4. The first-order chi connectivity index (χ1) is 21.6. The van der Waals surface area contributed by atoms with Crippen LogP contribution < -0.4 is 18.9 Å². The highest BCUT2D eigenvalue weighted by atomic mass is 16.7. The second kappa shape index (κ2) is 22.5. The van der Waals surface area contributed by atoms with Crippen molar-refractivity contribution in [3.8, 4) is 23.0 Å². The maximum atomic E-state index is 12.7. The van der Waals surface area contributed by atoms with Crippen molar-refractivity contribution in [3.63, 3.8) is 0 Å². The van der Waals surface area contributed by atoms with Crippen LogP contribution in [0.1, 0.15) is 141 Å². The standard InChI is InChI=1S/C37H59NO6/c1-7-9-11-13-15-16-17-19-20-22-24-30(38-44-34(39)25-23-21-18-14-12-10-8-2)29-28-33(42-5)35-31(40-3)26-27-32(41-4)36(35)37(29)43-6/h26-28H,7-25H2,1-6H3. The van der Waals surface area contributed by atoms with Crippen LogP contribution in [0.15, 0.2) is 23.4 Å². The van der Waals surface area contributed by atoms with Gasteiger partial charge in [0, 0.05) is 12.0 Å². The fourth-order valence-electron chi connectivity index (χ4n) is 5.75. The highest BCUT2D eigenvalue weighted by Crippen LogP contribution is 2.46. The lowest BCUT2D eigenvalue weighted by Crippen LogP contribution is -2.09. The molecular formula is C37H59NO6. The van der Waals surface area contributed by atoms with Gasteiger partial charge in [-0.3, -0.25) is 0 Å². The lowest BCUT2D eigenvalue weighted by atomic mass is 9.96. The van der Waals surface area contributed by atoms with E-state index in [0.29, 0.717) is 41.6 Å². The van der Waals surface area contributed by atoms with Crippen molar-refractivity contribution in [2.75, 3.05) is 28.4 Å². The van der Waals surface area contributed by atoms with Crippen LogP contribution in [0.3, 0.4) is 0 Å². The number of oxime groups is 1. The van der Waals surface area contributed by atoms with Gasteiger partial charge in [0.1, 0.15) is 23.0 Å². The number of carbonyl (C=O) groups is 1. The molecule has 0 aliphatic heterocycles. The summed E-state index contributed by atoms with van der Waals surface area (Å²) < 4.78 is 23.2. The van der Waals surface area contributed by atoms with Crippen LogP contribution in [0.2, 0.25) is 0 Å². The Kier molecular flexibility index (Phi) is 19.1. The molecule has 0 aliphatic rings. The predicted molar refractivity (Wildman–Crippen MR) is 182 cm³/mol. The average molecular weight is 614 g/mol. The van der Waals surface area contributed by atoms with Gasteiger partial charge in [0.15, 0.2) is 0 Å². The van der Waals surface area contributed by atoms with Gasteiger partial charge in [0.2, 0.25) is 0 Å². The molecule has 0 saturated heterocycles. The summed E-state index contributed by atoms with van der Waals surface area (Å²) in [5.41, 5.74) is 1.39. The summed E-state index contributed by atoms with van der Waals surface area (Å²) in [7, 11) is 6.52. The van der Waals surface area contributed by atoms with Gasteiger partial charge in [-0.2, -0.15) is 0 Å². The van der Waals surface area contributed by atoms with E-state index >= 15 is 0 Å². The summed E-state index contributed by atoms with van der Waals surface area (Å²) in [6, 6.07) is 5.61. The zero-order valence-corrected chi connectivity index (χ0v) is 28.6. The number of hydrogen-bond acceptors (Lipinski definition) is 7. The minimum Gasteiger partial charge on any atom is -0.496 e. The van der Waals surface area contributed by atoms with Crippen LogP contribution in [0.5, 0.6) is 23.0 Å². The van der Waals surface area contributed by atoms with Crippen molar-refractivity contribution in [1.29, 1.82) is 0 Å². The Morgan fingerprint density at radius 3 is 1.50 bits per heavy atom. The zero-order valence-electron chi connectivity index (χ0n) is 28.6.